The first-order valence-corrected chi connectivity index (χ1v) is 10.6. The molecule has 0 saturated heterocycles. The second-order valence-corrected chi connectivity index (χ2v) is 8.91. The summed E-state index contributed by atoms with van der Waals surface area (Å²) in [5.41, 5.74) is 0.233. The minimum absolute atomic E-state index is 0.0324. The molecular weight excluding hydrogens is 459 g/mol. The van der Waals surface area contributed by atoms with Crippen LogP contribution in [0.4, 0.5) is 18.0 Å². The maximum atomic E-state index is 15.1. The Labute approximate surface area is 190 Å². The number of aryl methyl sites for hydroxylation is 2. The molecule has 3 aromatic rings. The zero-order valence-corrected chi connectivity index (χ0v) is 18.5. The molecule has 0 radical (unpaired) electrons. The van der Waals surface area contributed by atoms with E-state index >= 15 is 4.39 Å². The summed E-state index contributed by atoms with van der Waals surface area (Å²) in [4.78, 5) is 22.6. The average Bonchev–Trinajstić information content (AvgIpc) is 3.06. The molecule has 1 aliphatic heterocycles. The van der Waals surface area contributed by atoms with Crippen LogP contribution < -0.4 is 5.32 Å². The summed E-state index contributed by atoms with van der Waals surface area (Å²) in [5.74, 6) is -1.19. The molecule has 3 heterocycles. The zero-order valence-electron chi connectivity index (χ0n) is 17.7. The van der Waals surface area contributed by atoms with Gasteiger partial charge in [0.05, 0.1) is 11.2 Å². The number of thioether (sulfide) groups is 1. The quantitative estimate of drug-likeness (QED) is 0.517. The molecule has 0 spiro atoms. The van der Waals surface area contributed by atoms with Crippen LogP contribution in [0.1, 0.15) is 41.2 Å². The van der Waals surface area contributed by atoms with Gasteiger partial charge in [-0.2, -0.15) is 4.39 Å². The lowest BCUT2D eigenvalue weighted by Gasteiger charge is -2.35. The summed E-state index contributed by atoms with van der Waals surface area (Å²) in [7, 11) is 0. The van der Waals surface area contributed by atoms with Gasteiger partial charge in [0.1, 0.15) is 17.4 Å². The van der Waals surface area contributed by atoms with Gasteiger partial charge >= 0.3 is 12.2 Å². The number of hydrogen-bond donors (Lipinski definition) is 2. The number of nitrogens with one attached hydrogen (secondary N) is 1. The number of hydrogen-bond acceptors (Lipinski definition) is 7. The molecule has 1 aliphatic rings. The SMILES string of the molecule is Cc1noc(C)c1[C@@H]1C[C@@](C)(c2cc(-c3cnc(F)nc3)c(F)cc2F)N=C(NC(=O)O)S1. The van der Waals surface area contributed by atoms with Gasteiger partial charge in [-0.1, -0.05) is 16.9 Å². The summed E-state index contributed by atoms with van der Waals surface area (Å²) in [6, 6.07) is 1.98. The number of carbonyl (C=O) groups is 1. The van der Waals surface area contributed by atoms with Gasteiger partial charge in [0.15, 0.2) is 5.17 Å². The second-order valence-electron chi connectivity index (χ2n) is 7.72. The lowest BCUT2D eigenvalue weighted by atomic mass is 9.84. The largest absolute Gasteiger partial charge is 0.465 e. The first kappa shape index (κ1) is 22.8. The predicted molar refractivity (Wildman–Crippen MR) is 114 cm³/mol. The Morgan fingerprint density at radius 2 is 1.91 bits per heavy atom. The van der Waals surface area contributed by atoms with Crippen molar-refractivity contribution >= 4 is 23.0 Å². The van der Waals surface area contributed by atoms with Crippen molar-refractivity contribution in [1.29, 1.82) is 0 Å². The standard InChI is InChI=1S/C21H18F3N5O3S/c1-9-17(10(2)32-29-9)16-6-21(3,28-19(33-16)27-20(30)31)13-4-12(14(22)5-15(13)23)11-7-25-18(24)26-8-11/h4-5,7-8,16H,6H2,1-3H3,(H,27,28)(H,30,31)/t16-,21-/m0/s1. The maximum absolute atomic E-state index is 15.1. The molecule has 0 aliphatic carbocycles. The molecule has 0 unspecified atom stereocenters. The smallest absolute Gasteiger partial charge is 0.410 e. The number of aromatic nitrogens is 3. The molecule has 2 aromatic heterocycles. The van der Waals surface area contributed by atoms with Crippen molar-refractivity contribution in [3.05, 3.63) is 64.8 Å². The average molecular weight is 477 g/mol. The van der Waals surface area contributed by atoms with E-state index in [1.807, 2.05) is 0 Å². The van der Waals surface area contributed by atoms with Crippen molar-refractivity contribution in [2.45, 2.75) is 38.0 Å². The third kappa shape index (κ3) is 4.42. The van der Waals surface area contributed by atoms with Crippen LogP contribution >= 0.6 is 11.8 Å². The van der Waals surface area contributed by atoms with E-state index in [1.165, 1.54) is 6.07 Å². The van der Waals surface area contributed by atoms with Crippen molar-refractivity contribution in [1.82, 2.24) is 20.4 Å². The fourth-order valence-electron chi connectivity index (χ4n) is 3.90. The molecule has 33 heavy (non-hydrogen) atoms. The Hall–Kier alpha value is -3.41. The van der Waals surface area contributed by atoms with Crippen molar-refractivity contribution < 1.29 is 27.6 Å². The normalized spacial score (nSPS) is 20.4. The third-order valence-electron chi connectivity index (χ3n) is 5.38. The van der Waals surface area contributed by atoms with E-state index in [0.29, 0.717) is 17.5 Å². The third-order valence-corrected chi connectivity index (χ3v) is 6.48. The Kier molecular flexibility index (Phi) is 5.87. The van der Waals surface area contributed by atoms with Crippen LogP contribution in [0.2, 0.25) is 0 Å². The summed E-state index contributed by atoms with van der Waals surface area (Å²) < 4.78 is 48.1. The highest BCUT2D eigenvalue weighted by molar-refractivity contribution is 8.14. The van der Waals surface area contributed by atoms with E-state index in [4.69, 9.17) is 4.52 Å². The Balaban J connectivity index is 1.85. The van der Waals surface area contributed by atoms with E-state index in [0.717, 1.165) is 29.7 Å². The highest BCUT2D eigenvalue weighted by atomic mass is 32.2. The number of nitrogens with zero attached hydrogens (tertiary/aromatic N) is 4. The fraction of sp³-hybridized carbons (Fsp3) is 0.286. The number of amides is 1. The Morgan fingerprint density at radius 3 is 2.52 bits per heavy atom. The Morgan fingerprint density at radius 1 is 1.21 bits per heavy atom. The number of rotatable bonds is 3. The molecule has 1 aromatic carbocycles. The van der Waals surface area contributed by atoms with Gasteiger partial charge in [0, 0.05) is 46.0 Å². The number of aliphatic imine (C=N–C) groups is 1. The topological polar surface area (TPSA) is 114 Å². The van der Waals surface area contributed by atoms with Crippen LogP contribution in [0.25, 0.3) is 11.1 Å². The molecule has 0 bridgehead atoms. The van der Waals surface area contributed by atoms with Crippen molar-refractivity contribution in [2.24, 2.45) is 4.99 Å². The number of halogens is 3. The van der Waals surface area contributed by atoms with Gasteiger partial charge < -0.3 is 9.63 Å². The molecule has 1 amide bonds. The molecule has 8 nitrogen and oxygen atoms in total. The molecule has 2 atom stereocenters. The van der Waals surface area contributed by atoms with Gasteiger partial charge in [0.2, 0.25) is 0 Å². The van der Waals surface area contributed by atoms with Crippen LogP contribution in [0.15, 0.2) is 34.0 Å². The van der Waals surface area contributed by atoms with Gasteiger partial charge in [-0.15, -0.1) is 0 Å². The van der Waals surface area contributed by atoms with E-state index in [9.17, 15) is 18.7 Å². The van der Waals surface area contributed by atoms with Crippen molar-refractivity contribution in [3.8, 4) is 11.1 Å². The van der Waals surface area contributed by atoms with Crippen LogP contribution in [0.5, 0.6) is 0 Å². The summed E-state index contributed by atoms with van der Waals surface area (Å²) in [6.07, 6.45) is 0.123. The van der Waals surface area contributed by atoms with Gasteiger partial charge in [-0.25, -0.2) is 23.5 Å². The molecule has 0 fully saturated rings. The minimum Gasteiger partial charge on any atom is -0.465 e. The van der Waals surface area contributed by atoms with Gasteiger partial charge in [0.25, 0.3) is 0 Å². The second kappa shape index (κ2) is 8.50. The zero-order chi connectivity index (χ0) is 23.9. The molecule has 0 saturated carbocycles. The first-order valence-electron chi connectivity index (χ1n) is 9.74. The van der Waals surface area contributed by atoms with E-state index in [2.05, 4.69) is 25.4 Å². The Bertz CT molecular complexity index is 1250. The van der Waals surface area contributed by atoms with Crippen LogP contribution in [-0.4, -0.2) is 31.5 Å². The van der Waals surface area contributed by atoms with E-state index in [1.54, 1.807) is 20.8 Å². The van der Waals surface area contributed by atoms with Crippen LogP contribution in [0, 0.1) is 31.6 Å². The van der Waals surface area contributed by atoms with Crippen LogP contribution in [-0.2, 0) is 5.54 Å². The van der Waals surface area contributed by atoms with E-state index in [-0.39, 0.29) is 33.5 Å². The highest BCUT2D eigenvalue weighted by Crippen LogP contribution is 2.49. The predicted octanol–water partition coefficient (Wildman–Crippen LogP) is 4.88. The fourth-order valence-corrected chi connectivity index (χ4v) is 5.43. The van der Waals surface area contributed by atoms with Gasteiger partial charge in [-0.3, -0.25) is 10.3 Å². The van der Waals surface area contributed by atoms with Crippen molar-refractivity contribution in [3.63, 3.8) is 0 Å². The monoisotopic (exact) mass is 477 g/mol. The van der Waals surface area contributed by atoms with Crippen LogP contribution in [0.3, 0.4) is 0 Å². The number of carboxylic acid groups (broad SMARTS) is 1. The molecule has 4 rings (SSSR count). The lowest BCUT2D eigenvalue weighted by molar-refractivity contribution is 0.200. The minimum atomic E-state index is -1.33. The number of amidine groups is 1. The molecule has 2 N–H and O–H groups in total. The lowest BCUT2D eigenvalue weighted by Crippen LogP contribution is -2.36. The molecule has 172 valence electrons. The summed E-state index contributed by atoms with van der Waals surface area (Å²) >= 11 is 1.15. The highest BCUT2D eigenvalue weighted by Gasteiger charge is 2.40. The van der Waals surface area contributed by atoms with Crippen molar-refractivity contribution in [2.75, 3.05) is 0 Å². The molecule has 12 heteroatoms. The molecular formula is C21H18F3N5O3S. The summed E-state index contributed by atoms with van der Waals surface area (Å²) in [6.45, 7) is 5.11. The maximum Gasteiger partial charge on any atom is 0.410 e. The number of benzene rings is 1. The van der Waals surface area contributed by atoms with E-state index < -0.39 is 29.3 Å². The first-order chi connectivity index (χ1) is 15.6. The van der Waals surface area contributed by atoms with Gasteiger partial charge in [-0.05, 0) is 33.3 Å². The summed E-state index contributed by atoms with van der Waals surface area (Å²) in [5, 5.41) is 15.1.